The van der Waals surface area contributed by atoms with Gasteiger partial charge in [-0.15, -0.1) is 0 Å². The highest BCUT2D eigenvalue weighted by atomic mass is 16.5. The summed E-state index contributed by atoms with van der Waals surface area (Å²) in [6, 6.07) is 7.77. The summed E-state index contributed by atoms with van der Waals surface area (Å²) in [6.45, 7) is 3.50. The SMILES string of the molecule is Cc1ccc(C#N)c(NCCOCCO)c1. The summed E-state index contributed by atoms with van der Waals surface area (Å²) in [5.74, 6) is 0. The summed E-state index contributed by atoms with van der Waals surface area (Å²) in [4.78, 5) is 0. The molecular formula is C12H16N2O2. The number of aliphatic hydroxyl groups excluding tert-OH is 1. The van der Waals surface area contributed by atoms with Crippen molar-refractivity contribution in [2.45, 2.75) is 6.92 Å². The highest BCUT2D eigenvalue weighted by Gasteiger charge is 2.00. The Balaban J connectivity index is 2.46. The monoisotopic (exact) mass is 220 g/mol. The van der Waals surface area contributed by atoms with Gasteiger partial charge in [-0.1, -0.05) is 6.07 Å². The second kappa shape index (κ2) is 6.83. The first-order valence-corrected chi connectivity index (χ1v) is 5.21. The Bertz CT molecular complexity index is 372. The van der Waals surface area contributed by atoms with Crippen LogP contribution in [0, 0.1) is 18.3 Å². The van der Waals surface area contributed by atoms with Crippen molar-refractivity contribution < 1.29 is 9.84 Å². The fraction of sp³-hybridized carbons (Fsp3) is 0.417. The van der Waals surface area contributed by atoms with Crippen LogP contribution in [0.2, 0.25) is 0 Å². The summed E-state index contributed by atoms with van der Waals surface area (Å²) >= 11 is 0. The average molecular weight is 220 g/mol. The number of anilines is 1. The summed E-state index contributed by atoms with van der Waals surface area (Å²) < 4.78 is 5.11. The van der Waals surface area contributed by atoms with Crippen LogP contribution >= 0.6 is 0 Å². The molecule has 0 aromatic heterocycles. The van der Waals surface area contributed by atoms with Crippen molar-refractivity contribution in [3.63, 3.8) is 0 Å². The predicted octanol–water partition coefficient (Wildman–Crippen LogP) is 1.29. The molecule has 16 heavy (non-hydrogen) atoms. The first-order valence-electron chi connectivity index (χ1n) is 5.21. The van der Waals surface area contributed by atoms with Gasteiger partial charge in [0.05, 0.1) is 31.1 Å². The van der Waals surface area contributed by atoms with Crippen LogP contribution in [0.1, 0.15) is 11.1 Å². The molecule has 0 saturated heterocycles. The van der Waals surface area contributed by atoms with Gasteiger partial charge in [0.15, 0.2) is 0 Å². The fourth-order valence-corrected chi connectivity index (χ4v) is 1.33. The number of nitriles is 1. The van der Waals surface area contributed by atoms with E-state index in [0.717, 1.165) is 11.3 Å². The van der Waals surface area contributed by atoms with E-state index in [1.807, 2.05) is 19.1 Å². The average Bonchev–Trinajstić information content (AvgIpc) is 2.29. The smallest absolute Gasteiger partial charge is 0.101 e. The molecule has 0 fully saturated rings. The minimum absolute atomic E-state index is 0.0356. The number of aliphatic hydroxyl groups is 1. The molecule has 0 atom stereocenters. The van der Waals surface area contributed by atoms with Gasteiger partial charge in [0.1, 0.15) is 6.07 Å². The zero-order valence-corrected chi connectivity index (χ0v) is 9.36. The van der Waals surface area contributed by atoms with Crippen LogP contribution < -0.4 is 5.32 Å². The predicted molar refractivity (Wildman–Crippen MR) is 62.3 cm³/mol. The van der Waals surface area contributed by atoms with Gasteiger partial charge in [-0.25, -0.2) is 0 Å². The van der Waals surface area contributed by atoms with Crippen molar-refractivity contribution in [2.24, 2.45) is 0 Å². The minimum Gasteiger partial charge on any atom is -0.394 e. The first-order chi connectivity index (χ1) is 7.77. The maximum atomic E-state index is 8.90. The lowest BCUT2D eigenvalue weighted by molar-refractivity contribution is 0.0992. The van der Waals surface area contributed by atoms with Crippen molar-refractivity contribution in [3.05, 3.63) is 29.3 Å². The van der Waals surface area contributed by atoms with E-state index in [4.69, 9.17) is 15.1 Å². The van der Waals surface area contributed by atoms with Gasteiger partial charge in [-0.3, -0.25) is 0 Å². The van der Waals surface area contributed by atoms with Crippen LogP contribution in [0.3, 0.4) is 0 Å². The van der Waals surface area contributed by atoms with Crippen LogP contribution in [-0.2, 0) is 4.74 Å². The molecule has 1 rings (SSSR count). The Morgan fingerprint density at radius 1 is 1.44 bits per heavy atom. The Morgan fingerprint density at radius 2 is 2.25 bits per heavy atom. The lowest BCUT2D eigenvalue weighted by Gasteiger charge is -2.09. The fourth-order valence-electron chi connectivity index (χ4n) is 1.33. The molecule has 1 aromatic carbocycles. The normalized spacial score (nSPS) is 9.81. The molecule has 2 N–H and O–H groups in total. The molecule has 0 unspecified atom stereocenters. The Labute approximate surface area is 95.5 Å². The Kier molecular flexibility index (Phi) is 5.34. The van der Waals surface area contributed by atoms with Crippen molar-refractivity contribution in [2.75, 3.05) is 31.7 Å². The number of hydrogen-bond donors (Lipinski definition) is 2. The second-order valence-corrected chi connectivity index (χ2v) is 3.42. The zero-order chi connectivity index (χ0) is 11.8. The van der Waals surface area contributed by atoms with Crippen molar-refractivity contribution in [1.29, 1.82) is 5.26 Å². The van der Waals surface area contributed by atoms with Crippen molar-refractivity contribution >= 4 is 5.69 Å². The van der Waals surface area contributed by atoms with Crippen LogP contribution in [0.25, 0.3) is 0 Å². The quantitative estimate of drug-likeness (QED) is 0.709. The lowest BCUT2D eigenvalue weighted by Crippen LogP contribution is -2.12. The molecule has 0 bridgehead atoms. The van der Waals surface area contributed by atoms with Gasteiger partial charge >= 0.3 is 0 Å². The van der Waals surface area contributed by atoms with Crippen LogP contribution in [0.5, 0.6) is 0 Å². The molecular weight excluding hydrogens is 204 g/mol. The van der Waals surface area contributed by atoms with Crippen molar-refractivity contribution in [1.82, 2.24) is 0 Å². The van der Waals surface area contributed by atoms with Gasteiger partial charge in [-0.2, -0.15) is 5.26 Å². The summed E-state index contributed by atoms with van der Waals surface area (Å²) in [5, 5.41) is 20.5. The summed E-state index contributed by atoms with van der Waals surface area (Å²) in [7, 11) is 0. The maximum Gasteiger partial charge on any atom is 0.101 e. The Hall–Kier alpha value is -1.57. The molecule has 0 spiro atoms. The van der Waals surface area contributed by atoms with E-state index in [0.29, 0.717) is 25.3 Å². The molecule has 0 aliphatic heterocycles. The number of nitrogens with zero attached hydrogens (tertiary/aromatic N) is 1. The zero-order valence-electron chi connectivity index (χ0n) is 9.36. The maximum absolute atomic E-state index is 8.90. The summed E-state index contributed by atoms with van der Waals surface area (Å²) in [6.07, 6.45) is 0. The molecule has 0 heterocycles. The van der Waals surface area contributed by atoms with Gasteiger partial charge in [0.25, 0.3) is 0 Å². The molecule has 0 radical (unpaired) electrons. The highest BCUT2D eigenvalue weighted by molar-refractivity contribution is 5.58. The third-order valence-corrected chi connectivity index (χ3v) is 2.09. The molecule has 0 saturated carbocycles. The van der Waals surface area contributed by atoms with Gasteiger partial charge in [0.2, 0.25) is 0 Å². The van der Waals surface area contributed by atoms with E-state index in [9.17, 15) is 0 Å². The van der Waals surface area contributed by atoms with Crippen LogP contribution in [0.4, 0.5) is 5.69 Å². The van der Waals surface area contributed by atoms with E-state index in [2.05, 4.69) is 11.4 Å². The largest absolute Gasteiger partial charge is 0.394 e. The Morgan fingerprint density at radius 3 is 2.94 bits per heavy atom. The molecule has 0 amide bonds. The van der Waals surface area contributed by atoms with Crippen LogP contribution in [0.15, 0.2) is 18.2 Å². The van der Waals surface area contributed by atoms with Gasteiger partial charge < -0.3 is 15.2 Å². The highest BCUT2D eigenvalue weighted by Crippen LogP contribution is 2.15. The summed E-state index contributed by atoms with van der Waals surface area (Å²) in [5.41, 5.74) is 2.57. The number of hydrogen-bond acceptors (Lipinski definition) is 4. The van der Waals surface area contributed by atoms with Crippen LogP contribution in [-0.4, -0.2) is 31.5 Å². The number of ether oxygens (including phenoxy) is 1. The first kappa shape index (κ1) is 12.5. The number of rotatable bonds is 6. The number of nitrogens with one attached hydrogen (secondary N) is 1. The molecule has 4 heteroatoms. The molecule has 0 aliphatic rings. The minimum atomic E-state index is 0.0356. The van der Waals surface area contributed by atoms with Gasteiger partial charge in [0, 0.05) is 6.54 Å². The molecule has 86 valence electrons. The number of benzene rings is 1. The topological polar surface area (TPSA) is 65.3 Å². The third-order valence-electron chi connectivity index (χ3n) is 2.09. The molecule has 0 aliphatic carbocycles. The van der Waals surface area contributed by atoms with E-state index in [1.54, 1.807) is 6.07 Å². The van der Waals surface area contributed by atoms with Crippen molar-refractivity contribution in [3.8, 4) is 6.07 Å². The van der Waals surface area contributed by atoms with E-state index < -0.39 is 0 Å². The lowest BCUT2D eigenvalue weighted by atomic mass is 10.1. The molecule has 1 aromatic rings. The second-order valence-electron chi connectivity index (χ2n) is 3.42. The van der Waals surface area contributed by atoms with E-state index >= 15 is 0 Å². The standard InChI is InChI=1S/C12H16N2O2/c1-10-2-3-11(9-13)12(8-10)14-4-6-16-7-5-15/h2-3,8,14-15H,4-7H2,1H3. The van der Waals surface area contributed by atoms with Gasteiger partial charge in [-0.05, 0) is 24.6 Å². The number of aryl methyl sites for hydroxylation is 1. The third kappa shape index (κ3) is 3.89. The molecule has 4 nitrogen and oxygen atoms in total. The van der Waals surface area contributed by atoms with E-state index in [1.165, 1.54) is 0 Å². The van der Waals surface area contributed by atoms with E-state index in [-0.39, 0.29) is 6.61 Å².